The number of rotatable bonds is 9. The first kappa shape index (κ1) is 24.4. The Balaban J connectivity index is 1.75. The number of halogens is 1. The highest BCUT2D eigenvalue weighted by molar-refractivity contribution is 5.86. The second-order valence-corrected chi connectivity index (χ2v) is 8.25. The Morgan fingerprint density at radius 1 is 1.17 bits per heavy atom. The number of ether oxygens (including phenoxy) is 2. The summed E-state index contributed by atoms with van der Waals surface area (Å²) in [5.41, 5.74) is 3.96. The van der Waals surface area contributed by atoms with E-state index in [1.165, 1.54) is 24.8 Å². The van der Waals surface area contributed by atoms with Crippen LogP contribution >= 0.6 is 0 Å². The van der Waals surface area contributed by atoms with Crippen LogP contribution in [0.3, 0.4) is 0 Å². The molecule has 9 heteroatoms. The second kappa shape index (κ2) is 10.7. The molecule has 0 saturated heterocycles. The highest BCUT2D eigenvalue weighted by atomic mass is 19.1. The predicted octanol–water partition coefficient (Wildman–Crippen LogP) is 4.98. The molecule has 184 valence electrons. The van der Waals surface area contributed by atoms with Gasteiger partial charge in [-0.3, -0.25) is 4.90 Å². The van der Waals surface area contributed by atoms with Crippen LogP contribution in [0.2, 0.25) is 0 Å². The maximum Gasteiger partial charge on any atom is 0.322 e. The van der Waals surface area contributed by atoms with Crippen LogP contribution in [0.5, 0.6) is 5.75 Å². The number of nitrogens with zero attached hydrogens (tertiary/aromatic N) is 3. The van der Waals surface area contributed by atoms with Crippen molar-refractivity contribution in [3.05, 3.63) is 71.0 Å². The van der Waals surface area contributed by atoms with E-state index in [0.717, 1.165) is 12.0 Å². The van der Waals surface area contributed by atoms with Gasteiger partial charge in [0, 0.05) is 31.5 Å². The first-order valence-corrected chi connectivity index (χ1v) is 11.5. The van der Waals surface area contributed by atoms with Crippen LogP contribution in [-0.4, -0.2) is 48.4 Å². The second-order valence-electron chi connectivity index (χ2n) is 8.25. The average Bonchev–Trinajstić information content (AvgIpc) is 3.35. The molecule has 0 aliphatic carbocycles. The van der Waals surface area contributed by atoms with Gasteiger partial charge in [0.2, 0.25) is 5.82 Å². The minimum absolute atomic E-state index is 0.133. The van der Waals surface area contributed by atoms with E-state index in [0.29, 0.717) is 36.4 Å². The molecule has 0 radical (unpaired) electrons. The van der Waals surface area contributed by atoms with Crippen molar-refractivity contribution in [2.45, 2.75) is 32.7 Å². The van der Waals surface area contributed by atoms with Crippen molar-refractivity contribution < 1.29 is 23.2 Å². The summed E-state index contributed by atoms with van der Waals surface area (Å²) in [6.45, 7) is 4.96. The maximum absolute atomic E-state index is 14.3. The summed E-state index contributed by atoms with van der Waals surface area (Å²) in [6.07, 6.45) is 1.59. The van der Waals surface area contributed by atoms with Gasteiger partial charge < -0.3 is 19.3 Å². The number of carbonyl (C=O) groups is 1. The van der Waals surface area contributed by atoms with Crippen LogP contribution in [0.15, 0.2) is 52.7 Å². The maximum atomic E-state index is 14.3. The van der Waals surface area contributed by atoms with Crippen LogP contribution < -0.4 is 10.1 Å². The molecule has 4 rings (SSSR count). The molecule has 2 amide bonds. The van der Waals surface area contributed by atoms with Crippen molar-refractivity contribution in [2.75, 3.05) is 27.4 Å². The first-order chi connectivity index (χ1) is 17.0. The fraction of sp³-hybridized carbons (Fsp3) is 0.346. The van der Waals surface area contributed by atoms with Gasteiger partial charge in [0.25, 0.3) is 5.89 Å². The summed E-state index contributed by atoms with van der Waals surface area (Å²) < 4.78 is 30.1. The lowest BCUT2D eigenvalue weighted by molar-refractivity contribution is 0.174. The smallest absolute Gasteiger partial charge is 0.322 e. The minimum Gasteiger partial charge on any atom is -0.494 e. The fourth-order valence-electron chi connectivity index (χ4n) is 4.15. The molecule has 35 heavy (non-hydrogen) atoms. The van der Waals surface area contributed by atoms with Gasteiger partial charge in [-0.1, -0.05) is 36.3 Å². The Morgan fingerprint density at radius 3 is 2.60 bits per heavy atom. The first-order valence-electron chi connectivity index (χ1n) is 11.5. The lowest BCUT2D eigenvalue weighted by Crippen LogP contribution is -2.46. The van der Waals surface area contributed by atoms with Crippen molar-refractivity contribution in [1.82, 2.24) is 20.4 Å². The zero-order valence-electron chi connectivity index (χ0n) is 20.3. The van der Waals surface area contributed by atoms with E-state index in [2.05, 4.69) is 22.4 Å². The molecule has 1 N–H and O–H groups in total. The Bertz CT molecular complexity index is 1220. The van der Waals surface area contributed by atoms with E-state index in [9.17, 15) is 9.18 Å². The molecule has 0 saturated carbocycles. The summed E-state index contributed by atoms with van der Waals surface area (Å²) >= 11 is 0. The van der Waals surface area contributed by atoms with E-state index in [4.69, 9.17) is 14.0 Å². The quantitative estimate of drug-likeness (QED) is 0.435. The molecule has 0 fully saturated rings. The average molecular weight is 481 g/mol. The molecule has 1 aromatic heterocycles. The topological polar surface area (TPSA) is 89.7 Å². The summed E-state index contributed by atoms with van der Waals surface area (Å²) in [7, 11) is 3.03. The number of nitrogens with one attached hydrogen (secondary N) is 1. The summed E-state index contributed by atoms with van der Waals surface area (Å²) in [6, 6.07) is 11.9. The van der Waals surface area contributed by atoms with Crippen LogP contribution in [0.4, 0.5) is 9.18 Å². The number of hydrogen-bond acceptors (Lipinski definition) is 6. The number of aryl methyl sites for hydroxylation is 1. The van der Waals surface area contributed by atoms with Crippen LogP contribution in [0.25, 0.3) is 17.0 Å². The van der Waals surface area contributed by atoms with Gasteiger partial charge in [-0.25, -0.2) is 9.18 Å². The van der Waals surface area contributed by atoms with Gasteiger partial charge in [0.05, 0.1) is 18.7 Å². The Hall–Kier alpha value is -3.72. The predicted molar refractivity (Wildman–Crippen MR) is 129 cm³/mol. The summed E-state index contributed by atoms with van der Waals surface area (Å²) in [5, 5.41) is 7.17. The molecular formula is C26H29FN4O4. The largest absolute Gasteiger partial charge is 0.494 e. The number of benzene rings is 2. The Morgan fingerprint density at radius 2 is 1.94 bits per heavy atom. The number of amides is 2. The highest BCUT2D eigenvalue weighted by Gasteiger charge is 2.35. The standard InChI is InChI=1S/C26H29FN4O4/c1-5-17-7-9-18(10-8-17)23-22(16(2)31(26(32)28-23)13-6-14-33-3)25-29-24(30-35-25)19-11-12-21(34-4)20(27)15-19/h7-12,15,23H,5-6,13-14H2,1-4H3,(H,28,32). The third-order valence-corrected chi connectivity index (χ3v) is 6.11. The van der Waals surface area contributed by atoms with Crippen molar-refractivity contribution in [3.63, 3.8) is 0 Å². The van der Waals surface area contributed by atoms with Gasteiger partial charge in [0.1, 0.15) is 0 Å². The Labute approximate surface area is 203 Å². The molecule has 2 aromatic carbocycles. The van der Waals surface area contributed by atoms with E-state index in [1.54, 1.807) is 18.1 Å². The lowest BCUT2D eigenvalue weighted by atomic mass is 9.93. The van der Waals surface area contributed by atoms with Gasteiger partial charge in [-0.2, -0.15) is 4.98 Å². The fourth-order valence-corrected chi connectivity index (χ4v) is 4.15. The van der Waals surface area contributed by atoms with Crippen molar-refractivity contribution in [3.8, 4) is 17.1 Å². The van der Waals surface area contributed by atoms with E-state index in [1.807, 2.05) is 31.2 Å². The van der Waals surface area contributed by atoms with Crippen molar-refractivity contribution >= 4 is 11.6 Å². The number of allylic oxidation sites excluding steroid dienone is 1. The minimum atomic E-state index is -0.519. The van der Waals surface area contributed by atoms with Crippen LogP contribution in [-0.2, 0) is 11.2 Å². The number of carbonyl (C=O) groups excluding carboxylic acids is 1. The molecule has 1 aliphatic heterocycles. The SMILES string of the molecule is CCc1ccc(C2NC(=O)N(CCCOC)C(C)=C2c2nc(-c3ccc(OC)c(F)c3)no2)cc1. The molecular weight excluding hydrogens is 451 g/mol. The number of methoxy groups -OCH3 is 2. The van der Waals surface area contributed by atoms with E-state index >= 15 is 0 Å². The monoisotopic (exact) mass is 480 g/mol. The molecule has 8 nitrogen and oxygen atoms in total. The zero-order valence-corrected chi connectivity index (χ0v) is 20.3. The zero-order chi connectivity index (χ0) is 24.9. The molecule has 2 heterocycles. The molecule has 1 unspecified atom stereocenters. The third-order valence-electron chi connectivity index (χ3n) is 6.11. The van der Waals surface area contributed by atoms with Gasteiger partial charge in [-0.05, 0) is 49.1 Å². The van der Waals surface area contributed by atoms with E-state index < -0.39 is 11.9 Å². The lowest BCUT2D eigenvalue weighted by Gasteiger charge is -2.35. The van der Waals surface area contributed by atoms with Crippen molar-refractivity contribution in [1.29, 1.82) is 0 Å². The summed E-state index contributed by atoms with van der Waals surface area (Å²) in [4.78, 5) is 19.3. The van der Waals surface area contributed by atoms with Crippen LogP contribution in [0, 0.1) is 5.82 Å². The molecule has 0 spiro atoms. The number of urea groups is 1. The number of aromatic nitrogens is 2. The number of hydrogen-bond donors (Lipinski definition) is 1. The van der Waals surface area contributed by atoms with Crippen molar-refractivity contribution in [2.24, 2.45) is 0 Å². The van der Waals surface area contributed by atoms with E-state index in [-0.39, 0.29) is 23.5 Å². The third kappa shape index (κ3) is 5.05. The normalized spacial score (nSPS) is 16.0. The highest BCUT2D eigenvalue weighted by Crippen LogP contribution is 2.37. The molecule has 1 atom stereocenters. The summed E-state index contributed by atoms with van der Waals surface area (Å²) in [5.74, 6) is 0.114. The van der Waals surface area contributed by atoms with Crippen LogP contribution in [0.1, 0.15) is 43.3 Å². The van der Waals surface area contributed by atoms with Gasteiger partial charge >= 0.3 is 6.03 Å². The molecule has 0 bridgehead atoms. The Kier molecular flexibility index (Phi) is 7.45. The molecule has 1 aliphatic rings. The van der Waals surface area contributed by atoms with Gasteiger partial charge in [0.15, 0.2) is 11.6 Å². The van der Waals surface area contributed by atoms with Gasteiger partial charge in [-0.15, -0.1) is 0 Å². The molecule has 3 aromatic rings.